The van der Waals surface area contributed by atoms with Crippen LogP contribution in [-0.2, 0) is 11.3 Å². The maximum atomic E-state index is 6.33. The van der Waals surface area contributed by atoms with Crippen LogP contribution in [0.3, 0.4) is 0 Å². The molecule has 1 saturated heterocycles. The fourth-order valence-electron chi connectivity index (χ4n) is 4.14. The molecule has 1 N–H and O–H groups in total. The van der Waals surface area contributed by atoms with E-state index in [0.29, 0.717) is 18.8 Å². The third-order valence-corrected chi connectivity index (χ3v) is 5.75. The van der Waals surface area contributed by atoms with Crippen molar-refractivity contribution in [3.63, 3.8) is 0 Å². The van der Waals surface area contributed by atoms with Crippen LogP contribution in [-0.4, -0.2) is 56.4 Å². The Morgan fingerprint density at radius 3 is 2.47 bits per heavy atom. The Balaban J connectivity index is 0.00000320. The van der Waals surface area contributed by atoms with Crippen molar-refractivity contribution in [2.45, 2.75) is 71.1 Å². The lowest BCUT2D eigenvalue weighted by Crippen LogP contribution is -2.47. The van der Waals surface area contributed by atoms with Gasteiger partial charge in [0.25, 0.3) is 0 Å². The summed E-state index contributed by atoms with van der Waals surface area (Å²) >= 11 is 0. The number of guanidine groups is 1. The van der Waals surface area contributed by atoms with E-state index in [4.69, 9.17) is 19.2 Å². The minimum absolute atomic E-state index is 0. The van der Waals surface area contributed by atoms with Gasteiger partial charge in [-0.05, 0) is 64.5 Å². The summed E-state index contributed by atoms with van der Waals surface area (Å²) in [7, 11) is 1.70. The van der Waals surface area contributed by atoms with Crippen molar-refractivity contribution in [3.05, 3.63) is 23.8 Å². The van der Waals surface area contributed by atoms with Crippen LogP contribution in [0.25, 0.3) is 0 Å². The van der Waals surface area contributed by atoms with E-state index in [1.165, 1.54) is 12.8 Å². The number of ether oxygens (including phenoxy) is 3. The SMILES string of the molecule is CCNC(=NCc1ccc(OC)cc1OC1CCCC1)N1CCC(OCC)CC1.I. The van der Waals surface area contributed by atoms with E-state index < -0.39 is 0 Å². The topological polar surface area (TPSA) is 55.3 Å². The first-order valence-corrected chi connectivity index (χ1v) is 11.2. The molecule has 170 valence electrons. The second-order valence-corrected chi connectivity index (χ2v) is 7.81. The van der Waals surface area contributed by atoms with Crippen LogP contribution >= 0.6 is 24.0 Å². The largest absolute Gasteiger partial charge is 0.497 e. The first-order valence-electron chi connectivity index (χ1n) is 11.2. The highest BCUT2D eigenvalue weighted by Gasteiger charge is 2.22. The summed E-state index contributed by atoms with van der Waals surface area (Å²) in [4.78, 5) is 7.29. The molecule has 0 spiro atoms. The summed E-state index contributed by atoms with van der Waals surface area (Å²) in [5.41, 5.74) is 1.11. The van der Waals surface area contributed by atoms with Crippen molar-refractivity contribution >= 4 is 29.9 Å². The third-order valence-electron chi connectivity index (χ3n) is 5.75. The third kappa shape index (κ3) is 7.18. The van der Waals surface area contributed by atoms with Crippen molar-refractivity contribution in [2.24, 2.45) is 4.99 Å². The minimum atomic E-state index is 0. The average molecular weight is 531 g/mol. The van der Waals surface area contributed by atoms with Gasteiger partial charge in [0.1, 0.15) is 11.5 Å². The molecule has 0 unspecified atom stereocenters. The molecule has 6 nitrogen and oxygen atoms in total. The molecular formula is C23H38IN3O3. The molecule has 2 fully saturated rings. The number of hydrogen-bond acceptors (Lipinski definition) is 4. The van der Waals surface area contributed by atoms with Crippen LogP contribution in [0.5, 0.6) is 11.5 Å². The van der Waals surface area contributed by atoms with Gasteiger partial charge in [0.15, 0.2) is 5.96 Å². The Kier molecular flexibility index (Phi) is 11.1. The molecule has 2 aliphatic rings. The second-order valence-electron chi connectivity index (χ2n) is 7.81. The van der Waals surface area contributed by atoms with Gasteiger partial charge < -0.3 is 24.4 Å². The lowest BCUT2D eigenvalue weighted by molar-refractivity contribution is 0.0263. The van der Waals surface area contributed by atoms with Gasteiger partial charge in [-0.1, -0.05) is 0 Å². The van der Waals surface area contributed by atoms with Gasteiger partial charge in [0.2, 0.25) is 0 Å². The number of piperidine rings is 1. The number of halogens is 1. The van der Waals surface area contributed by atoms with Crippen LogP contribution in [0.2, 0.25) is 0 Å². The summed E-state index contributed by atoms with van der Waals surface area (Å²) in [5, 5.41) is 3.45. The number of methoxy groups -OCH3 is 1. The van der Waals surface area contributed by atoms with Crippen molar-refractivity contribution < 1.29 is 14.2 Å². The van der Waals surface area contributed by atoms with Crippen molar-refractivity contribution in [2.75, 3.05) is 33.4 Å². The molecule has 30 heavy (non-hydrogen) atoms. The molecular weight excluding hydrogens is 493 g/mol. The fraction of sp³-hybridized carbons (Fsp3) is 0.696. The van der Waals surface area contributed by atoms with E-state index in [1.807, 2.05) is 12.1 Å². The van der Waals surface area contributed by atoms with Gasteiger partial charge >= 0.3 is 0 Å². The predicted octanol–water partition coefficient (Wildman–Crippen LogP) is 4.60. The quantitative estimate of drug-likeness (QED) is 0.302. The van der Waals surface area contributed by atoms with Gasteiger partial charge in [0, 0.05) is 37.9 Å². The van der Waals surface area contributed by atoms with Gasteiger partial charge in [-0.15, -0.1) is 24.0 Å². The van der Waals surface area contributed by atoms with E-state index in [0.717, 1.165) is 74.9 Å². The van der Waals surface area contributed by atoms with E-state index in [1.54, 1.807) is 7.11 Å². The number of hydrogen-bond donors (Lipinski definition) is 1. The molecule has 0 aromatic heterocycles. The number of nitrogens with zero attached hydrogens (tertiary/aromatic N) is 2. The number of likely N-dealkylation sites (tertiary alicyclic amines) is 1. The molecule has 0 atom stereocenters. The lowest BCUT2D eigenvalue weighted by atomic mass is 10.1. The number of benzene rings is 1. The highest BCUT2D eigenvalue weighted by Crippen LogP contribution is 2.30. The van der Waals surface area contributed by atoms with E-state index >= 15 is 0 Å². The Bertz CT molecular complexity index is 657. The standard InChI is InChI=1S/C23H37N3O3.HI/c1-4-24-23(26-14-12-19(13-15-26)28-5-2)25-17-18-10-11-21(27-3)16-22(18)29-20-8-6-7-9-20;/h10-11,16,19-20H,4-9,12-15,17H2,1-3H3,(H,24,25);1H. The van der Waals surface area contributed by atoms with Gasteiger partial charge in [-0.2, -0.15) is 0 Å². The van der Waals surface area contributed by atoms with Crippen molar-refractivity contribution in [3.8, 4) is 11.5 Å². The predicted molar refractivity (Wildman–Crippen MR) is 132 cm³/mol. The maximum Gasteiger partial charge on any atom is 0.194 e. The maximum absolute atomic E-state index is 6.33. The number of aliphatic imine (C=N–C) groups is 1. The summed E-state index contributed by atoms with van der Waals surface area (Å²) in [6, 6.07) is 6.08. The van der Waals surface area contributed by atoms with Crippen LogP contribution in [0.15, 0.2) is 23.2 Å². The monoisotopic (exact) mass is 531 g/mol. The molecule has 0 bridgehead atoms. The Hall–Kier alpha value is -1.22. The summed E-state index contributed by atoms with van der Waals surface area (Å²) in [6.07, 6.45) is 7.58. The molecule has 1 aliphatic carbocycles. The van der Waals surface area contributed by atoms with Gasteiger partial charge in [-0.3, -0.25) is 0 Å². The van der Waals surface area contributed by atoms with Crippen LogP contribution in [0.4, 0.5) is 0 Å². The first-order chi connectivity index (χ1) is 14.2. The van der Waals surface area contributed by atoms with Gasteiger partial charge in [-0.25, -0.2) is 4.99 Å². The van der Waals surface area contributed by atoms with E-state index in [2.05, 4.69) is 30.1 Å². The summed E-state index contributed by atoms with van der Waals surface area (Å²) < 4.78 is 17.5. The zero-order valence-electron chi connectivity index (χ0n) is 18.7. The second kappa shape index (κ2) is 13.2. The molecule has 1 aliphatic heterocycles. The zero-order chi connectivity index (χ0) is 20.5. The normalized spacial score (nSPS) is 18.2. The van der Waals surface area contributed by atoms with E-state index in [-0.39, 0.29) is 24.0 Å². The fourth-order valence-corrected chi connectivity index (χ4v) is 4.14. The van der Waals surface area contributed by atoms with Crippen molar-refractivity contribution in [1.82, 2.24) is 10.2 Å². The molecule has 3 rings (SSSR count). The van der Waals surface area contributed by atoms with Crippen molar-refractivity contribution in [1.29, 1.82) is 0 Å². The summed E-state index contributed by atoms with van der Waals surface area (Å²) in [5.74, 6) is 2.71. The highest BCUT2D eigenvalue weighted by molar-refractivity contribution is 14.0. The molecule has 1 aromatic rings. The highest BCUT2D eigenvalue weighted by atomic mass is 127. The number of rotatable bonds is 8. The van der Waals surface area contributed by atoms with Crippen LogP contribution in [0.1, 0.15) is 57.9 Å². The Morgan fingerprint density at radius 1 is 1.10 bits per heavy atom. The smallest absolute Gasteiger partial charge is 0.194 e. The molecule has 0 radical (unpaired) electrons. The zero-order valence-corrected chi connectivity index (χ0v) is 21.0. The molecule has 1 saturated carbocycles. The van der Waals surface area contributed by atoms with E-state index in [9.17, 15) is 0 Å². The number of nitrogens with one attached hydrogen (secondary N) is 1. The molecule has 1 heterocycles. The summed E-state index contributed by atoms with van der Waals surface area (Å²) in [6.45, 7) is 8.38. The van der Waals surface area contributed by atoms with Crippen LogP contribution < -0.4 is 14.8 Å². The lowest BCUT2D eigenvalue weighted by Gasteiger charge is -2.34. The average Bonchev–Trinajstić information content (AvgIpc) is 3.26. The molecule has 1 aromatic carbocycles. The minimum Gasteiger partial charge on any atom is -0.497 e. The first kappa shape index (κ1) is 25.0. The van der Waals surface area contributed by atoms with Gasteiger partial charge in [0.05, 0.1) is 25.9 Å². The Morgan fingerprint density at radius 2 is 1.83 bits per heavy atom. The van der Waals surface area contributed by atoms with Crippen LogP contribution in [0, 0.1) is 0 Å². The molecule has 0 amide bonds. The molecule has 7 heteroatoms. The Labute approximate surface area is 198 Å².